The van der Waals surface area contributed by atoms with E-state index in [0.29, 0.717) is 42.0 Å². The summed E-state index contributed by atoms with van der Waals surface area (Å²) in [7, 11) is 0. The second-order valence-electron chi connectivity index (χ2n) is 8.86. The zero-order valence-corrected chi connectivity index (χ0v) is 19.8. The lowest BCUT2D eigenvalue weighted by molar-refractivity contribution is 0.196. The van der Waals surface area contributed by atoms with Gasteiger partial charge in [-0.25, -0.2) is 19.2 Å². The van der Waals surface area contributed by atoms with E-state index in [-0.39, 0.29) is 17.9 Å². The summed E-state index contributed by atoms with van der Waals surface area (Å²) in [4.78, 5) is 28.4. The highest BCUT2D eigenvalue weighted by Crippen LogP contribution is 2.32. The third-order valence-electron chi connectivity index (χ3n) is 6.34. The first-order valence-electron chi connectivity index (χ1n) is 12.1. The smallest absolute Gasteiger partial charge is 0.321 e. The van der Waals surface area contributed by atoms with Crippen molar-refractivity contribution in [2.45, 2.75) is 18.9 Å². The predicted octanol–water partition coefficient (Wildman–Crippen LogP) is 5.30. The first-order chi connectivity index (χ1) is 18.1. The van der Waals surface area contributed by atoms with E-state index in [9.17, 15) is 9.18 Å². The molecule has 3 aromatic heterocycles. The van der Waals surface area contributed by atoms with Crippen LogP contribution in [0, 0.1) is 5.82 Å². The van der Waals surface area contributed by atoms with Crippen LogP contribution in [0.15, 0.2) is 83.7 Å². The van der Waals surface area contributed by atoms with Gasteiger partial charge in [0.05, 0.1) is 5.69 Å². The number of amides is 2. The number of piperidine rings is 1. The van der Waals surface area contributed by atoms with Crippen LogP contribution in [-0.2, 0) is 0 Å². The van der Waals surface area contributed by atoms with E-state index in [1.54, 1.807) is 46.2 Å². The molecule has 9 nitrogen and oxygen atoms in total. The summed E-state index contributed by atoms with van der Waals surface area (Å²) >= 11 is 0. The summed E-state index contributed by atoms with van der Waals surface area (Å²) in [5.41, 5.74) is 3.50. The van der Waals surface area contributed by atoms with Crippen LogP contribution in [0.1, 0.15) is 12.8 Å². The topological polar surface area (TPSA) is 101 Å². The molecule has 1 saturated heterocycles. The molecule has 0 aliphatic carbocycles. The molecule has 0 radical (unpaired) electrons. The number of aromatic nitrogens is 4. The molecule has 186 valence electrons. The lowest BCUT2D eigenvalue weighted by atomic mass is 10.1. The summed E-state index contributed by atoms with van der Waals surface area (Å²) in [5, 5.41) is 6.34. The number of halogens is 1. The minimum atomic E-state index is -0.319. The van der Waals surface area contributed by atoms with Crippen molar-refractivity contribution in [3.8, 4) is 22.6 Å². The summed E-state index contributed by atoms with van der Waals surface area (Å²) in [5.74, 6) is 0.548. The second kappa shape index (κ2) is 9.73. The Morgan fingerprint density at radius 1 is 1.05 bits per heavy atom. The molecule has 10 heteroatoms. The molecule has 5 aromatic rings. The maximum atomic E-state index is 13.5. The number of hydrogen-bond acceptors (Lipinski definition) is 6. The zero-order valence-electron chi connectivity index (χ0n) is 19.8. The first-order valence-corrected chi connectivity index (χ1v) is 12.1. The van der Waals surface area contributed by atoms with Gasteiger partial charge in [-0.1, -0.05) is 18.2 Å². The van der Waals surface area contributed by atoms with Gasteiger partial charge in [0.25, 0.3) is 0 Å². The Morgan fingerprint density at radius 3 is 2.73 bits per heavy atom. The molecule has 1 atom stereocenters. The minimum absolute atomic E-state index is 0.00137. The van der Waals surface area contributed by atoms with Crippen molar-refractivity contribution in [1.29, 1.82) is 0 Å². The van der Waals surface area contributed by atoms with Crippen LogP contribution in [0.3, 0.4) is 0 Å². The van der Waals surface area contributed by atoms with Crippen LogP contribution in [-0.4, -0.2) is 49.4 Å². The molecule has 0 saturated carbocycles. The average Bonchev–Trinajstić information content (AvgIpc) is 3.52. The van der Waals surface area contributed by atoms with Crippen molar-refractivity contribution in [2.75, 3.05) is 23.7 Å². The molecule has 0 spiro atoms. The number of nitrogens with zero attached hydrogens (tertiary/aromatic N) is 5. The normalized spacial score (nSPS) is 15.6. The highest BCUT2D eigenvalue weighted by Gasteiger charge is 2.25. The molecule has 1 aliphatic heterocycles. The van der Waals surface area contributed by atoms with Crippen LogP contribution in [0.4, 0.5) is 20.8 Å². The Balaban J connectivity index is 1.23. The van der Waals surface area contributed by atoms with Gasteiger partial charge in [0.15, 0.2) is 0 Å². The predicted molar refractivity (Wildman–Crippen MR) is 138 cm³/mol. The molecule has 37 heavy (non-hydrogen) atoms. The summed E-state index contributed by atoms with van der Waals surface area (Å²) in [6.07, 6.45) is 6.76. The number of anilines is 2. The fourth-order valence-corrected chi connectivity index (χ4v) is 4.59. The molecular weight excluding hydrogens is 473 g/mol. The number of hydrogen-bond donors (Lipinski definition) is 2. The van der Waals surface area contributed by atoms with Crippen LogP contribution in [0.2, 0.25) is 0 Å². The van der Waals surface area contributed by atoms with Gasteiger partial charge in [-0.15, -0.1) is 0 Å². The molecule has 6 rings (SSSR count). The van der Waals surface area contributed by atoms with Crippen molar-refractivity contribution in [3.05, 3.63) is 85.1 Å². The summed E-state index contributed by atoms with van der Waals surface area (Å²) in [6.45, 7) is 1.22. The van der Waals surface area contributed by atoms with Crippen molar-refractivity contribution in [1.82, 2.24) is 24.3 Å². The molecule has 0 bridgehead atoms. The van der Waals surface area contributed by atoms with Gasteiger partial charge in [-0.05, 0) is 55.3 Å². The Bertz CT molecular complexity index is 1530. The number of rotatable bonds is 5. The molecule has 1 fully saturated rings. The van der Waals surface area contributed by atoms with E-state index in [2.05, 4.69) is 20.6 Å². The molecule has 2 amide bonds. The fraction of sp³-hybridized carbons (Fsp3) is 0.185. The lowest BCUT2D eigenvalue weighted by Crippen LogP contribution is -2.47. The number of likely N-dealkylation sites (tertiary alicyclic amines) is 1. The molecule has 0 unspecified atom stereocenters. The van der Waals surface area contributed by atoms with Gasteiger partial charge < -0.3 is 20.0 Å². The summed E-state index contributed by atoms with van der Waals surface area (Å²) in [6, 6.07) is 17.3. The van der Waals surface area contributed by atoms with Crippen LogP contribution in [0.5, 0.6) is 0 Å². The Kier molecular flexibility index (Phi) is 5.97. The maximum Gasteiger partial charge on any atom is 0.321 e. The third-order valence-corrected chi connectivity index (χ3v) is 6.34. The van der Waals surface area contributed by atoms with E-state index in [4.69, 9.17) is 9.40 Å². The second-order valence-corrected chi connectivity index (χ2v) is 8.86. The van der Waals surface area contributed by atoms with E-state index < -0.39 is 0 Å². The number of oxazole rings is 1. The minimum Gasteiger partial charge on any atom is -0.432 e. The van der Waals surface area contributed by atoms with Gasteiger partial charge >= 0.3 is 11.9 Å². The van der Waals surface area contributed by atoms with Crippen molar-refractivity contribution in [2.24, 2.45) is 0 Å². The number of urea groups is 1. The molecular formula is C27H24FN7O2. The van der Waals surface area contributed by atoms with Crippen LogP contribution in [0.25, 0.3) is 28.5 Å². The van der Waals surface area contributed by atoms with E-state index >= 15 is 0 Å². The van der Waals surface area contributed by atoms with Gasteiger partial charge in [0, 0.05) is 42.8 Å². The monoisotopic (exact) mass is 497 g/mol. The Labute approximate surface area is 212 Å². The maximum absolute atomic E-state index is 13.5. The number of nitrogens with one attached hydrogen (secondary N) is 2. The third kappa shape index (κ3) is 4.73. The highest BCUT2D eigenvalue weighted by atomic mass is 19.1. The Hall–Kier alpha value is -4.73. The van der Waals surface area contributed by atoms with Crippen LogP contribution >= 0.6 is 0 Å². The standard InChI is InChI=1S/C27H24FN7O2/c28-19-10-8-18(9-11-19)23-24(35-15-16-37-27(35)33-23)22-12-13-29-25(32-22)30-21-7-4-14-34(17-21)26(36)31-20-5-2-1-3-6-20/h1-3,5-6,8-13,15-16,21H,4,7,14,17H2,(H,31,36)(H,29,30,32)/t21-/m1/s1. The van der Waals surface area contributed by atoms with Gasteiger partial charge in [0.2, 0.25) is 5.95 Å². The molecule has 1 aliphatic rings. The average molecular weight is 498 g/mol. The van der Waals surface area contributed by atoms with Gasteiger partial charge in [-0.3, -0.25) is 4.40 Å². The quantitative estimate of drug-likeness (QED) is 0.342. The van der Waals surface area contributed by atoms with Crippen molar-refractivity contribution >= 4 is 23.5 Å². The summed E-state index contributed by atoms with van der Waals surface area (Å²) < 4.78 is 20.8. The fourth-order valence-electron chi connectivity index (χ4n) is 4.59. The van der Waals surface area contributed by atoms with Gasteiger partial charge in [-0.2, -0.15) is 4.98 Å². The Morgan fingerprint density at radius 2 is 1.89 bits per heavy atom. The number of carbonyl (C=O) groups is 1. The first kappa shape index (κ1) is 22.7. The van der Waals surface area contributed by atoms with Gasteiger partial charge in [0.1, 0.15) is 23.5 Å². The lowest BCUT2D eigenvalue weighted by Gasteiger charge is -2.33. The molecule has 2 aromatic carbocycles. The number of carbonyl (C=O) groups excluding carboxylic acids is 1. The van der Waals surface area contributed by atoms with E-state index in [0.717, 1.165) is 24.1 Å². The zero-order chi connectivity index (χ0) is 25.2. The molecule has 2 N–H and O–H groups in total. The van der Waals surface area contributed by atoms with E-state index in [1.165, 1.54) is 12.1 Å². The number of fused-ring (bicyclic) bond motifs is 1. The highest BCUT2D eigenvalue weighted by molar-refractivity contribution is 5.89. The van der Waals surface area contributed by atoms with Crippen molar-refractivity contribution < 1.29 is 13.6 Å². The number of para-hydroxylation sites is 1. The molecule has 4 heterocycles. The number of imidazole rings is 1. The largest absolute Gasteiger partial charge is 0.432 e. The van der Waals surface area contributed by atoms with E-state index in [1.807, 2.05) is 30.3 Å². The SMILES string of the molecule is O=C(Nc1ccccc1)N1CCC[C@@H](Nc2nccc(-c3c(-c4ccc(F)cc4)nc4occn34)n2)C1. The van der Waals surface area contributed by atoms with Crippen molar-refractivity contribution in [3.63, 3.8) is 0 Å². The number of benzene rings is 2. The van der Waals surface area contributed by atoms with Crippen LogP contribution < -0.4 is 10.6 Å².